The highest BCUT2D eigenvalue weighted by atomic mass is 16.6. The molecule has 0 aliphatic rings. The normalized spacial score (nSPS) is 11.5. The van der Waals surface area contributed by atoms with Gasteiger partial charge in [-0.3, -0.25) is 15.4 Å². The minimum atomic E-state index is -0.643. The first-order valence-electron chi connectivity index (χ1n) is 13.3. The number of anilines is 4. The summed E-state index contributed by atoms with van der Waals surface area (Å²) in [6, 6.07) is 22.0. The average molecular weight is 559 g/mol. The molecule has 3 aromatic rings. The van der Waals surface area contributed by atoms with Crippen molar-refractivity contribution in [2.24, 2.45) is 0 Å². The molecule has 0 aromatic heterocycles. The number of carbonyl (C=O) groups is 3. The molecule has 3 amide bonds. The zero-order valence-corrected chi connectivity index (χ0v) is 24.3. The summed E-state index contributed by atoms with van der Waals surface area (Å²) in [6.45, 7) is 11.3. The van der Waals surface area contributed by atoms with Crippen molar-refractivity contribution >= 4 is 46.9 Å². The Labute approximate surface area is 241 Å². The van der Waals surface area contributed by atoms with Crippen LogP contribution in [0.5, 0.6) is 0 Å². The van der Waals surface area contributed by atoms with E-state index >= 15 is 0 Å². The van der Waals surface area contributed by atoms with E-state index in [-0.39, 0.29) is 5.91 Å². The number of hydrogen-bond donors (Lipinski definition) is 4. The Morgan fingerprint density at radius 2 is 1.15 bits per heavy atom. The predicted molar refractivity (Wildman–Crippen MR) is 164 cm³/mol. The summed E-state index contributed by atoms with van der Waals surface area (Å²) in [5.41, 5.74) is 2.80. The number of amides is 3. The van der Waals surface area contributed by atoms with Crippen LogP contribution in [-0.2, 0) is 20.8 Å². The first kappa shape index (κ1) is 30.7. The molecule has 0 heterocycles. The van der Waals surface area contributed by atoms with Gasteiger partial charge in [0, 0.05) is 12.6 Å². The van der Waals surface area contributed by atoms with Crippen molar-refractivity contribution in [3.8, 4) is 0 Å². The van der Waals surface area contributed by atoms with Crippen LogP contribution < -0.4 is 21.3 Å². The smallest absolute Gasteiger partial charge is 0.412 e. The van der Waals surface area contributed by atoms with Gasteiger partial charge < -0.3 is 20.1 Å². The van der Waals surface area contributed by atoms with Crippen molar-refractivity contribution in [3.05, 3.63) is 90.0 Å². The predicted octanol–water partition coefficient (Wildman–Crippen LogP) is 7.64. The van der Waals surface area contributed by atoms with Gasteiger partial charge in [-0.15, -0.1) is 0 Å². The minimum Gasteiger partial charge on any atom is -0.444 e. The summed E-state index contributed by atoms with van der Waals surface area (Å²) in [7, 11) is 0. The maximum absolute atomic E-state index is 12.7. The molecule has 41 heavy (non-hydrogen) atoms. The van der Waals surface area contributed by atoms with Crippen molar-refractivity contribution in [2.75, 3.05) is 21.3 Å². The molecule has 0 saturated carbocycles. The SMILES string of the molecule is CC(C)(C)OC(=O)Nc1ccccc1NCc1cccc(C=CC(=O)Nc2ccccc2NC(=O)OC(C)(C)C)c1. The summed E-state index contributed by atoms with van der Waals surface area (Å²) in [5.74, 6) is -0.353. The summed E-state index contributed by atoms with van der Waals surface area (Å²) < 4.78 is 10.7. The summed E-state index contributed by atoms with van der Waals surface area (Å²) in [6.07, 6.45) is 2.00. The van der Waals surface area contributed by atoms with Crippen LogP contribution in [0.2, 0.25) is 0 Å². The van der Waals surface area contributed by atoms with Crippen LogP contribution in [0.1, 0.15) is 52.7 Å². The fraction of sp³-hybridized carbons (Fsp3) is 0.281. The summed E-state index contributed by atoms with van der Waals surface area (Å²) in [5, 5.41) is 11.6. The Balaban J connectivity index is 1.61. The van der Waals surface area contributed by atoms with Gasteiger partial charge in [-0.2, -0.15) is 0 Å². The van der Waals surface area contributed by atoms with E-state index in [1.807, 2.05) is 63.2 Å². The fourth-order valence-electron chi connectivity index (χ4n) is 3.62. The number of ether oxygens (including phenoxy) is 2. The highest BCUT2D eigenvalue weighted by Crippen LogP contribution is 2.24. The highest BCUT2D eigenvalue weighted by molar-refractivity contribution is 6.05. The van der Waals surface area contributed by atoms with Gasteiger partial charge in [0.15, 0.2) is 0 Å². The Morgan fingerprint density at radius 3 is 1.68 bits per heavy atom. The van der Waals surface area contributed by atoms with Crippen LogP contribution in [0.4, 0.5) is 32.3 Å². The Hall–Kier alpha value is -4.79. The second-order valence-electron chi connectivity index (χ2n) is 11.3. The number of carbonyl (C=O) groups excluding carboxylic acids is 3. The molecule has 0 aliphatic heterocycles. The van der Waals surface area contributed by atoms with E-state index in [2.05, 4.69) is 21.3 Å². The molecule has 0 spiro atoms. The van der Waals surface area contributed by atoms with E-state index in [1.165, 1.54) is 6.08 Å². The minimum absolute atomic E-state index is 0.353. The van der Waals surface area contributed by atoms with Gasteiger partial charge in [0.2, 0.25) is 5.91 Å². The Morgan fingerprint density at radius 1 is 0.659 bits per heavy atom. The zero-order chi connectivity index (χ0) is 30.0. The molecule has 9 heteroatoms. The lowest BCUT2D eigenvalue weighted by Gasteiger charge is -2.20. The second kappa shape index (κ2) is 13.5. The highest BCUT2D eigenvalue weighted by Gasteiger charge is 2.18. The van der Waals surface area contributed by atoms with Crippen molar-refractivity contribution < 1.29 is 23.9 Å². The van der Waals surface area contributed by atoms with Crippen molar-refractivity contribution in [3.63, 3.8) is 0 Å². The lowest BCUT2D eigenvalue weighted by Crippen LogP contribution is -2.27. The maximum Gasteiger partial charge on any atom is 0.412 e. The van der Waals surface area contributed by atoms with Crippen LogP contribution in [0.15, 0.2) is 78.9 Å². The topological polar surface area (TPSA) is 118 Å². The van der Waals surface area contributed by atoms with Gasteiger partial charge in [-0.25, -0.2) is 9.59 Å². The fourth-order valence-corrected chi connectivity index (χ4v) is 3.62. The molecular weight excluding hydrogens is 520 g/mol. The van der Waals surface area contributed by atoms with Gasteiger partial charge >= 0.3 is 12.2 Å². The van der Waals surface area contributed by atoms with Gasteiger partial charge in [0.1, 0.15) is 11.2 Å². The third-order valence-corrected chi connectivity index (χ3v) is 5.24. The van der Waals surface area contributed by atoms with Gasteiger partial charge in [-0.1, -0.05) is 42.5 Å². The third kappa shape index (κ3) is 11.1. The van der Waals surface area contributed by atoms with E-state index in [9.17, 15) is 14.4 Å². The third-order valence-electron chi connectivity index (χ3n) is 5.24. The number of nitrogens with one attached hydrogen (secondary N) is 4. The number of benzene rings is 3. The quantitative estimate of drug-likeness (QED) is 0.211. The van der Waals surface area contributed by atoms with E-state index < -0.39 is 23.4 Å². The molecule has 3 rings (SSSR count). The molecule has 0 bridgehead atoms. The van der Waals surface area contributed by atoms with Crippen LogP contribution in [0.25, 0.3) is 6.08 Å². The molecular formula is C32H38N4O5. The molecule has 0 unspecified atom stereocenters. The lowest BCUT2D eigenvalue weighted by atomic mass is 10.1. The second-order valence-corrected chi connectivity index (χ2v) is 11.3. The molecule has 0 aliphatic carbocycles. The molecule has 9 nitrogen and oxygen atoms in total. The van der Waals surface area contributed by atoms with Gasteiger partial charge in [-0.05, 0) is 89.1 Å². The van der Waals surface area contributed by atoms with E-state index in [4.69, 9.17) is 9.47 Å². The number of hydrogen-bond acceptors (Lipinski definition) is 6. The maximum atomic E-state index is 12.7. The number of rotatable bonds is 8. The monoisotopic (exact) mass is 558 g/mol. The molecule has 0 atom stereocenters. The first-order valence-corrected chi connectivity index (χ1v) is 13.3. The molecule has 0 saturated heterocycles. The molecule has 0 fully saturated rings. The zero-order valence-electron chi connectivity index (χ0n) is 24.3. The van der Waals surface area contributed by atoms with E-state index in [0.29, 0.717) is 23.6 Å². The molecule has 3 aromatic carbocycles. The summed E-state index contributed by atoms with van der Waals surface area (Å²) >= 11 is 0. The van der Waals surface area contributed by atoms with Crippen LogP contribution >= 0.6 is 0 Å². The van der Waals surface area contributed by atoms with Crippen molar-refractivity contribution in [2.45, 2.75) is 59.3 Å². The van der Waals surface area contributed by atoms with E-state index in [1.54, 1.807) is 57.2 Å². The van der Waals surface area contributed by atoms with E-state index in [0.717, 1.165) is 16.8 Å². The van der Waals surface area contributed by atoms with Gasteiger partial charge in [0.05, 0.1) is 22.7 Å². The average Bonchev–Trinajstić information content (AvgIpc) is 2.86. The Bertz CT molecular complexity index is 1400. The lowest BCUT2D eigenvalue weighted by molar-refractivity contribution is -0.111. The molecule has 0 radical (unpaired) electrons. The first-order chi connectivity index (χ1) is 19.3. The van der Waals surface area contributed by atoms with Crippen molar-refractivity contribution in [1.82, 2.24) is 0 Å². The standard InChI is InChI=1S/C32H38N4O5/c1-31(2,3)40-29(38)35-25-15-8-7-14-24(25)33-21-23-13-11-12-22(20-23)18-19-28(37)34-26-16-9-10-17-27(26)36-30(39)41-32(4,5)6/h7-20,33H,21H2,1-6H3,(H,34,37)(H,35,38)(H,36,39). The van der Waals surface area contributed by atoms with Crippen LogP contribution in [0, 0.1) is 0 Å². The molecule has 4 N–H and O–H groups in total. The summed E-state index contributed by atoms with van der Waals surface area (Å²) in [4.78, 5) is 37.1. The largest absolute Gasteiger partial charge is 0.444 e. The number of para-hydroxylation sites is 4. The van der Waals surface area contributed by atoms with Crippen molar-refractivity contribution in [1.29, 1.82) is 0 Å². The van der Waals surface area contributed by atoms with Gasteiger partial charge in [0.25, 0.3) is 0 Å². The molecule has 216 valence electrons. The van der Waals surface area contributed by atoms with Crippen LogP contribution in [0.3, 0.4) is 0 Å². The Kier molecular flexibility index (Phi) is 10.1. The van der Waals surface area contributed by atoms with Crippen LogP contribution in [-0.4, -0.2) is 29.3 Å².